The van der Waals surface area contributed by atoms with E-state index in [4.69, 9.17) is 4.74 Å². The molecule has 0 radical (unpaired) electrons. The van der Waals surface area contributed by atoms with Crippen LogP contribution in [-0.4, -0.2) is 43.2 Å². The van der Waals surface area contributed by atoms with Crippen LogP contribution >= 0.6 is 0 Å². The fourth-order valence-electron chi connectivity index (χ4n) is 4.08. The molecule has 202 valence electrons. The molecular formula is C29H43F3N2O2. The predicted molar refractivity (Wildman–Crippen MR) is 142 cm³/mol. The Labute approximate surface area is 215 Å². The van der Waals surface area contributed by atoms with E-state index in [0.717, 1.165) is 41.4 Å². The Balaban J connectivity index is 2.69. The second-order valence-electron chi connectivity index (χ2n) is 9.51. The minimum atomic E-state index is -4.43. The number of carbonyl (C=O) groups is 1. The molecule has 0 saturated carbocycles. The van der Waals surface area contributed by atoms with E-state index < -0.39 is 11.7 Å². The van der Waals surface area contributed by atoms with Crippen LogP contribution in [0.1, 0.15) is 65.0 Å². The lowest BCUT2D eigenvalue weighted by Crippen LogP contribution is -2.39. The summed E-state index contributed by atoms with van der Waals surface area (Å²) in [4.78, 5) is 15.0. The molecule has 36 heavy (non-hydrogen) atoms. The molecule has 4 nitrogen and oxygen atoms in total. The number of benzene rings is 1. The van der Waals surface area contributed by atoms with Gasteiger partial charge < -0.3 is 15.0 Å². The van der Waals surface area contributed by atoms with E-state index in [9.17, 15) is 18.0 Å². The van der Waals surface area contributed by atoms with E-state index in [2.05, 4.69) is 31.0 Å². The third-order valence-corrected chi connectivity index (χ3v) is 6.29. The second kappa shape index (κ2) is 14.9. The van der Waals surface area contributed by atoms with Crippen LogP contribution in [0.15, 0.2) is 53.6 Å². The first-order valence-electron chi connectivity index (χ1n) is 12.6. The minimum absolute atomic E-state index is 0.0937. The van der Waals surface area contributed by atoms with Crippen LogP contribution in [0.4, 0.5) is 13.2 Å². The van der Waals surface area contributed by atoms with Gasteiger partial charge in [-0.2, -0.15) is 13.2 Å². The summed E-state index contributed by atoms with van der Waals surface area (Å²) in [6, 6.07) is 6.33. The summed E-state index contributed by atoms with van der Waals surface area (Å²) in [5.41, 5.74) is 2.76. The second-order valence-corrected chi connectivity index (χ2v) is 9.51. The number of ether oxygens (including phenoxy) is 1. The number of allylic oxidation sites excluding steroid dienone is 4. The average Bonchev–Trinajstić information content (AvgIpc) is 2.81. The number of nitrogens with zero attached hydrogens (tertiary/aromatic N) is 1. The van der Waals surface area contributed by atoms with Crippen molar-refractivity contribution in [1.29, 1.82) is 0 Å². The first kappa shape index (κ1) is 31.5. The number of nitrogens with one attached hydrogen (secondary N) is 1. The zero-order chi connectivity index (χ0) is 27.5. The number of methoxy groups -OCH3 is 1. The van der Waals surface area contributed by atoms with Crippen molar-refractivity contribution in [1.82, 2.24) is 10.2 Å². The number of rotatable bonds is 14. The number of aryl methyl sites for hydroxylation is 1. The topological polar surface area (TPSA) is 41.6 Å². The predicted octanol–water partition coefficient (Wildman–Crippen LogP) is 7.15. The normalized spacial score (nSPS) is 14.4. The van der Waals surface area contributed by atoms with Gasteiger partial charge in [-0.25, -0.2) is 0 Å². The molecule has 0 aliphatic heterocycles. The van der Waals surface area contributed by atoms with Crippen molar-refractivity contribution in [2.45, 2.75) is 79.6 Å². The molecule has 0 heterocycles. The highest BCUT2D eigenvalue weighted by Gasteiger charge is 2.30. The SMILES string of the molecule is C=C(/C=C(C)\C=C(/C)CCN(CC)C(=O)[C@@H](C)CC(CC)NCc1ccc(C)cc1OC)C(F)(F)F. The van der Waals surface area contributed by atoms with Crippen molar-refractivity contribution in [3.05, 3.63) is 64.8 Å². The highest BCUT2D eigenvalue weighted by Crippen LogP contribution is 2.26. The monoisotopic (exact) mass is 508 g/mol. The first-order valence-corrected chi connectivity index (χ1v) is 12.6. The fraction of sp³-hybridized carbons (Fsp3) is 0.552. The largest absolute Gasteiger partial charge is 0.496 e. The van der Waals surface area contributed by atoms with Crippen molar-refractivity contribution in [2.75, 3.05) is 20.2 Å². The Kier molecular flexibility index (Phi) is 13.0. The molecule has 1 rings (SSSR count). The summed E-state index contributed by atoms with van der Waals surface area (Å²) in [7, 11) is 1.67. The molecule has 0 aliphatic carbocycles. The molecular weight excluding hydrogens is 465 g/mol. The summed E-state index contributed by atoms with van der Waals surface area (Å²) in [6.07, 6.45) is 0.541. The molecule has 0 aromatic heterocycles. The maximum Gasteiger partial charge on any atom is 0.415 e. The van der Waals surface area contributed by atoms with Gasteiger partial charge in [0.15, 0.2) is 0 Å². The highest BCUT2D eigenvalue weighted by atomic mass is 19.4. The van der Waals surface area contributed by atoms with Gasteiger partial charge in [0.25, 0.3) is 0 Å². The number of amides is 1. The summed E-state index contributed by atoms with van der Waals surface area (Å²) in [5.74, 6) is 0.800. The molecule has 0 fully saturated rings. The van der Waals surface area contributed by atoms with Crippen molar-refractivity contribution in [3.63, 3.8) is 0 Å². The quantitative estimate of drug-likeness (QED) is 0.271. The first-order chi connectivity index (χ1) is 16.8. The Bertz CT molecular complexity index is 935. The van der Waals surface area contributed by atoms with Gasteiger partial charge in [0.05, 0.1) is 7.11 Å². The van der Waals surface area contributed by atoms with Gasteiger partial charge in [-0.15, -0.1) is 0 Å². The van der Waals surface area contributed by atoms with Crippen LogP contribution in [0.25, 0.3) is 0 Å². The number of hydrogen-bond acceptors (Lipinski definition) is 3. The van der Waals surface area contributed by atoms with Crippen molar-refractivity contribution >= 4 is 5.91 Å². The molecule has 1 amide bonds. The lowest BCUT2D eigenvalue weighted by molar-refractivity contribution is -0.135. The Hall–Kier alpha value is -2.54. The lowest BCUT2D eigenvalue weighted by Gasteiger charge is -2.27. The number of alkyl halides is 3. The van der Waals surface area contributed by atoms with Gasteiger partial charge in [-0.3, -0.25) is 4.79 Å². The molecule has 1 aromatic carbocycles. The van der Waals surface area contributed by atoms with Gasteiger partial charge in [0, 0.05) is 42.7 Å². The van der Waals surface area contributed by atoms with Crippen LogP contribution in [0, 0.1) is 12.8 Å². The molecule has 0 bridgehead atoms. The van der Waals surface area contributed by atoms with Crippen LogP contribution in [0.3, 0.4) is 0 Å². The Morgan fingerprint density at radius 1 is 1.22 bits per heavy atom. The van der Waals surface area contributed by atoms with Crippen LogP contribution < -0.4 is 10.1 Å². The van der Waals surface area contributed by atoms with Crippen LogP contribution in [-0.2, 0) is 11.3 Å². The van der Waals surface area contributed by atoms with Crippen molar-refractivity contribution in [2.24, 2.45) is 5.92 Å². The average molecular weight is 509 g/mol. The molecule has 7 heteroatoms. The third kappa shape index (κ3) is 10.6. The number of carbonyl (C=O) groups excluding carboxylic acids is 1. The van der Waals surface area contributed by atoms with Gasteiger partial charge in [-0.1, -0.05) is 49.8 Å². The smallest absolute Gasteiger partial charge is 0.415 e. The Morgan fingerprint density at radius 3 is 2.44 bits per heavy atom. The molecule has 0 aliphatic rings. The van der Waals surface area contributed by atoms with E-state index in [1.54, 1.807) is 20.1 Å². The third-order valence-electron chi connectivity index (χ3n) is 6.29. The molecule has 2 atom stereocenters. The highest BCUT2D eigenvalue weighted by molar-refractivity contribution is 5.78. The molecule has 1 unspecified atom stereocenters. The van der Waals surface area contributed by atoms with E-state index in [-0.39, 0.29) is 17.9 Å². The Morgan fingerprint density at radius 2 is 1.89 bits per heavy atom. The van der Waals surface area contributed by atoms with E-state index in [1.807, 2.05) is 38.7 Å². The standard InChI is InChI=1S/C29H43F3N2O2/c1-9-26(33-19-25-12-11-20(3)17-27(25)36-8)18-23(6)28(35)34(10-2)14-13-21(4)15-22(5)16-24(7)29(30,31)32/h11-12,15-17,23,26,33H,7,9-10,13-14,18-19H2,1-6,8H3/b21-15+,22-16-/t23-,26?/m0/s1. The van der Waals surface area contributed by atoms with Gasteiger partial charge in [-0.05, 0) is 64.7 Å². The molecule has 1 aromatic rings. The number of hydrogen-bond donors (Lipinski definition) is 1. The summed E-state index contributed by atoms with van der Waals surface area (Å²) in [5, 5.41) is 3.57. The summed E-state index contributed by atoms with van der Waals surface area (Å²) in [6.45, 7) is 16.4. The summed E-state index contributed by atoms with van der Waals surface area (Å²) >= 11 is 0. The van der Waals surface area contributed by atoms with E-state index >= 15 is 0 Å². The van der Waals surface area contributed by atoms with Crippen molar-refractivity contribution in [3.8, 4) is 5.75 Å². The zero-order valence-corrected chi connectivity index (χ0v) is 22.9. The van der Waals surface area contributed by atoms with Gasteiger partial charge >= 0.3 is 6.18 Å². The molecule has 1 N–H and O–H groups in total. The van der Waals surface area contributed by atoms with E-state index in [0.29, 0.717) is 31.6 Å². The number of halogens is 3. The van der Waals surface area contributed by atoms with Gasteiger partial charge in [0.2, 0.25) is 5.91 Å². The lowest BCUT2D eigenvalue weighted by atomic mass is 9.97. The minimum Gasteiger partial charge on any atom is -0.496 e. The maximum atomic E-state index is 13.1. The molecule has 0 spiro atoms. The molecule has 0 saturated heterocycles. The van der Waals surface area contributed by atoms with Crippen molar-refractivity contribution < 1.29 is 22.7 Å². The maximum absolute atomic E-state index is 13.1. The van der Waals surface area contributed by atoms with Crippen LogP contribution in [0.5, 0.6) is 5.75 Å². The van der Waals surface area contributed by atoms with Gasteiger partial charge in [0.1, 0.15) is 5.75 Å². The zero-order valence-electron chi connectivity index (χ0n) is 22.9. The van der Waals surface area contributed by atoms with E-state index in [1.165, 1.54) is 0 Å². The summed E-state index contributed by atoms with van der Waals surface area (Å²) < 4.78 is 43.6. The van der Waals surface area contributed by atoms with Crippen LogP contribution in [0.2, 0.25) is 0 Å². The fourth-order valence-corrected chi connectivity index (χ4v) is 4.08.